The summed E-state index contributed by atoms with van der Waals surface area (Å²) in [6.07, 6.45) is 4.60. The summed E-state index contributed by atoms with van der Waals surface area (Å²) >= 11 is 0. The first-order valence-electron chi connectivity index (χ1n) is 6.35. The highest BCUT2D eigenvalue weighted by atomic mass is 19.1. The first-order chi connectivity index (χ1) is 8.17. The number of rotatable bonds is 7. The number of ether oxygens (including phenoxy) is 1. The minimum Gasteiger partial charge on any atom is -0.490 e. The number of nitrogen functional groups attached to an aromatic ring is 1. The Morgan fingerprint density at radius 2 is 2.12 bits per heavy atom. The Morgan fingerprint density at radius 3 is 2.71 bits per heavy atom. The molecular formula is C14H22FNO. The SMILES string of the molecule is CCCCC(CC)COc1ccc(N)cc1F. The Kier molecular flexibility index (Phi) is 5.81. The Labute approximate surface area is 103 Å². The third-order valence-corrected chi connectivity index (χ3v) is 2.97. The van der Waals surface area contributed by atoms with Gasteiger partial charge in [-0.1, -0.05) is 33.1 Å². The van der Waals surface area contributed by atoms with Crippen LogP contribution in [-0.2, 0) is 0 Å². The summed E-state index contributed by atoms with van der Waals surface area (Å²) in [6.45, 7) is 4.90. The molecule has 0 aliphatic rings. The van der Waals surface area contributed by atoms with Crippen molar-refractivity contribution in [2.75, 3.05) is 12.3 Å². The average molecular weight is 239 g/mol. The van der Waals surface area contributed by atoms with Crippen molar-refractivity contribution in [3.63, 3.8) is 0 Å². The lowest BCUT2D eigenvalue weighted by atomic mass is 10.0. The van der Waals surface area contributed by atoms with Crippen molar-refractivity contribution in [3.8, 4) is 5.75 Å². The van der Waals surface area contributed by atoms with E-state index in [2.05, 4.69) is 13.8 Å². The fourth-order valence-corrected chi connectivity index (χ4v) is 1.74. The molecule has 0 radical (unpaired) electrons. The highest BCUT2D eigenvalue weighted by Gasteiger charge is 2.09. The van der Waals surface area contributed by atoms with Crippen LogP contribution in [0.3, 0.4) is 0 Å². The lowest BCUT2D eigenvalue weighted by Crippen LogP contribution is -2.12. The molecule has 1 aromatic carbocycles. The molecule has 96 valence electrons. The molecule has 2 N–H and O–H groups in total. The Bertz CT molecular complexity index is 341. The largest absolute Gasteiger partial charge is 0.490 e. The van der Waals surface area contributed by atoms with Crippen molar-refractivity contribution >= 4 is 5.69 Å². The number of anilines is 1. The lowest BCUT2D eigenvalue weighted by Gasteiger charge is -2.16. The van der Waals surface area contributed by atoms with Gasteiger partial charge in [-0.3, -0.25) is 0 Å². The standard InChI is InChI=1S/C14H22FNO/c1-3-5-6-11(4-2)10-17-14-8-7-12(16)9-13(14)15/h7-9,11H,3-6,10,16H2,1-2H3. The van der Waals surface area contributed by atoms with E-state index in [1.807, 2.05) is 0 Å². The third kappa shape index (κ3) is 4.63. The number of hydrogen-bond donors (Lipinski definition) is 1. The molecule has 0 saturated heterocycles. The highest BCUT2D eigenvalue weighted by molar-refractivity contribution is 5.42. The van der Waals surface area contributed by atoms with Crippen LogP contribution in [-0.4, -0.2) is 6.61 Å². The van der Waals surface area contributed by atoms with E-state index in [0.29, 0.717) is 24.0 Å². The summed E-state index contributed by atoms with van der Waals surface area (Å²) < 4.78 is 19.0. The van der Waals surface area contributed by atoms with Crippen molar-refractivity contribution in [3.05, 3.63) is 24.0 Å². The fraction of sp³-hybridized carbons (Fsp3) is 0.571. The number of unbranched alkanes of at least 4 members (excludes halogenated alkanes) is 1. The number of halogens is 1. The van der Waals surface area contributed by atoms with Crippen molar-refractivity contribution in [1.82, 2.24) is 0 Å². The van der Waals surface area contributed by atoms with E-state index in [1.165, 1.54) is 18.9 Å². The van der Waals surface area contributed by atoms with Crippen molar-refractivity contribution in [2.45, 2.75) is 39.5 Å². The van der Waals surface area contributed by atoms with Crippen molar-refractivity contribution in [1.29, 1.82) is 0 Å². The number of benzene rings is 1. The predicted octanol–water partition coefficient (Wildman–Crippen LogP) is 4.00. The third-order valence-electron chi connectivity index (χ3n) is 2.97. The Morgan fingerprint density at radius 1 is 1.35 bits per heavy atom. The second kappa shape index (κ2) is 7.15. The van der Waals surface area contributed by atoms with Gasteiger partial charge in [0, 0.05) is 11.8 Å². The van der Waals surface area contributed by atoms with Crippen LogP contribution < -0.4 is 10.5 Å². The van der Waals surface area contributed by atoms with Gasteiger partial charge in [0.1, 0.15) is 0 Å². The molecule has 0 aliphatic carbocycles. The van der Waals surface area contributed by atoms with Crippen LogP contribution in [0.15, 0.2) is 18.2 Å². The average Bonchev–Trinajstić information content (AvgIpc) is 2.31. The van der Waals surface area contributed by atoms with Crippen LogP contribution in [0.5, 0.6) is 5.75 Å². The maximum absolute atomic E-state index is 13.5. The fourth-order valence-electron chi connectivity index (χ4n) is 1.74. The second-order valence-corrected chi connectivity index (χ2v) is 4.42. The maximum atomic E-state index is 13.5. The highest BCUT2D eigenvalue weighted by Crippen LogP contribution is 2.21. The molecule has 17 heavy (non-hydrogen) atoms. The van der Waals surface area contributed by atoms with Gasteiger partial charge < -0.3 is 10.5 Å². The van der Waals surface area contributed by atoms with Gasteiger partial charge in [0.05, 0.1) is 6.61 Å². The van der Waals surface area contributed by atoms with E-state index >= 15 is 0 Å². The van der Waals surface area contributed by atoms with Gasteiger partial charge in [0.25, 0.3) is 0 Å². The molecule has 1 atom stereocenters. The van der Waals surface area contributed by atoms with Gasteiger partial charge in [-0.2, -0.15) is 0 Å². The minimum absolute atomic E-state index is 0.300. The van der Waals surface area contributed by atoms with Gasteiger partial charge in [0.2, 0.25) is 0 Å². The van der Waals surface area contributed by atoms with E-state index in [9.17, 15) is 4.39 Å². The van der Waals surface area contributed by atoms with Crippen LogP contribution in [0.25, 0.3) is 0 Å². The first-order valence-corrected chi connectivity index (χ1v) is 6.35. The topological polar surface area (TPSA) is 35.2 Å². The van der Waals surface area contributed by atoms with Crippen LogP contribution in [0.4, 0.5) is 10.1 Å². The van der Waals surface area contributed by atoms with Crippen LogP contribution in [0.2, 0.25) is 0 Å². The van der Waals surface area contributed by atoms with Gasteiger partial charge >= 0.3 is 0 Å². The van der Waals surface area contributed by atoms with Gasteiger partial charge in [0.15, 0.2) is 11.6 Å². The molecular weight excluding hydrogens is 217 g/mol. The smallest absolute Gasteiger partial charge is 0.167 e. The van der Waals surface area contributed by atoms with E-state index in [4.69, 9.17) is 10.5 Å². The first kappa shape index (κ1) is 13.8. The normalized spacial score (nSPS) is 12.4. The summed E-state index contributed by atoms with van der Waals surface area (Å²) in [7, 11) is 0. The molecule has 2 nitrogen and oxygen atoms in total. The van der Waals surface area contributed by atoms with Crippen LogP contribution in [0.1, 0.15) is 39.5 Å². The maximum Gasteiger partial charge on any atom is 0.167 e. The van der Waals surface area contributed by atoms with E-state index in [0.717, 1.165) is 12.8 Å². The minimum atomic E-state index is -0.379. The quantitative estimate of drug-likeness (QED) is 0.730. The lowest BCUT2D eigenvalue weighted by molar-refractivity contribution is 0.225. The Balaban J connectivity index is 2.47. The predicted molar refractivity (Wildman–Crippen MR) is 69.6 cm³/mol. The molecule has 0 fully saturated rings. The number of hydrogen-bond acceptors (Lipinski definition) is 2. The molecule has 0 saturated carbocycles. The summed E-state index contributed by atoms with van der Waals surface area (Å²) in [5.74, 6) is 0.427. The monoisotopic (exact) mass is 239 g/mol. The zero-order valence-corrected chi connectivity index (χ0v) is 10.7. The van der Waals surface area contributed by atoms with E-state index in [1.54, 1.807) is 12.1 Å². The molecule has 3 heteroatoms. The molecule has 1 rings (SSSR count). The van der Waals surface area contributed by atoms with E-state index < -0.39 is 0 Å². The number of nitrogens with two attached hydrogens (primary N) is 1. The zero-order chi connectivity index (χ0) is 12.7. The molecule has 0 aliphatic heterocycles. The molecule has 0 aromatic heterocycles. The van der Waals surface area contributed by atoms with Crippen LogP contribution in [0, 0.1) is 11.7 Å². The zero-order valence-electron chi connectivity index (χ0n) is 10.7. The van der Waals surface area contributed by atoms with Crippen molar-refractivity contribution in [2.24, 2.45) is 5.92 Å². The summed E-state index contributed by atoms with van der Waals surface area (Å²) in [6, 6.07) is 4.55. The van der Waals surface area contributed by atoms with E-state index in [-0.39, 0.29) is 5.82 Å². The molecule has 0 bridgehead atoms. The molecule has 0 spiro atoms. The van der Waals surface area contributed by atoms with Gasteiger partial charge in [-0.25, -0.2) is 4.39 Å². The van der Waals surface area contributed by atoms with Gasteiger partial charge in [-0.05, 0) is 24.5 Å². The summed E-state index contributed by atoms with van der Waals surface area (Å²) in [5, 5.41) is 0. The summed E-state index contributed by atoms with van der Waals surface area (Å²) in [4.78, 5) is 0. The molecule has 0 amide bonds. The molecule has 1 unspecified atom stereocenters. The Hall–Kier alpha value is -1.25. The second-order valence-electron chi connectivity index (χ2n) is 4.42. The van der Waals surface area contributed by atoms with Crippen LogP contribution >= 0.6 is 0 Å². The van der Waals surface area contributed by atoms with Crippen molar-refractivity contribution < 1.29 is 9.13 Å². The summed E-state index contributed by atoms with van der Waals surface area (Å²) in [5.41, 5.74) is 5.90. The molecule has 0 heterocycles. The van der Waals surface area contributed by atoms with Gasteiger partial charge in [-0.15, -0.1) is 0 Å². The molecule has 1 aromatic rings.